The van der Waals surface area contributed by atoms with Crippen molar-refractivity contribution in [2.24, 2.45) is 0 Å². The molecule has 2 aliphatic rings. The Morgan fingerprint density at radius 2 is 2.18 bits per heavy atom. The van der Waals surface area contributed by atoms with E-state index in [2.05, 4.69) is 16.7 Å². The highest BCUT2D eigenvalue weighted by molar-refractivity contribution is 5.94. The smallest absolute Gasteiger partial charge is 0.251 e. The van der Waals surface area contributed by atoms with Gasteiger partial charge in [-0.2, -0.15) is 5.26 Å². The summed E-state index contributed by atoms with van der Waals surface area (Å²) in [6, 6.07) is 8.38. The van der Waals surface area contributed by atoms with Gasteiger partial charge in [0.05, 0.1) is 17.7 Å². The van der Waals surface area contributed by atoms with E-state index in [1.54, 1.807) is 24.3 Å². The van der Waals surface area contributed by atoms with Crippen molar-refractivity contribution in [3.05, 3.63) is 47.0 Å². The summed E-state index contributed by atoms with van der Waals surface area (Å²) < 4.78 is 0. The third-order valence-corrected chi connectivity index (χ3v) is 5.57. The van der Waals surface area contributed by atoms with Crippen LogP contribution in [-0.2, 0) is 4.79 Å². The standard InChI is InChI=1S/C22H28N4O2/c1-26-15-19(25-21(27)18-9-5-8-17(12-18)14-23)13-20(26)22(28)24-11-10-16-6-3-2-4-7-16/h5-6,8-9,12,19-20H,2-4,7,10-11,13,15H2,1H3,(H,24,28)(H,25,27)/t19-,20-/m0/s1. The summed E-state index contributed by atoms with van der Waals surface area (Å²) in [7, 11) is 1.91. The third-order valence-electron chi connectivity index (χ3n) is 5.57. The van der Waals surface area contributed by atoms with E-state index < -0.39 is 0 Å². The van der Waals surface area contributed by atoms with Gasteiger partial charge < -0.3 is 10.6 Å². The van der Waals surface area contributed by atoms with Gasteiger partial charge in [-0.3, -0.25) is 14.5 Å². The van der Waals surface area contributed by atoms with Crippen LogP contribution in [0.25, 0.3) is 0 Å². The van der Waals surface area contributed by atoms with Crippen LogP contribution in [0.15, 0.2) is 35.9 Å². The minimum Gasteiger partial charge on any atom is -0.354 e. The summed E-state index contributed by atoms with van der Waals surface area (Å²) in [6.07, 6.45) is 8.67. The molecular formula is C22H28N4O2. The highest BCUT2D eigenvalue weighted by atomic mass is 16.2. The maximum absolute atomic E-state index is 12.6. The molecule has 0 saturated carbocycles. The number of hydrogen-bond donors (Lipinski definition) is 2. The monoisotopic (exact) mass is 380 g/mol. The van der Waals surface area contributed by atoms with Gasteiger partial charge in [0.15, 0.2) is 0 Å². The summed E-state index contributed by atoms with van der Waals surface area (Å²) in [6.45, 7) is 1.31. The predicted octanol–water partition coefficient (Wildman–Crippen LogP) is 2.37. The Morgan fingerprint density at radius 1 is 1.32 bits per heavy atom. The van der Waals surface area contributed by atoms with E-state index in [0.29, 0.717) is 30.6 Å². The minimum absolute atomic E-state index is 0.0298. The lowest BCUT2D eigenvalue weighted by Gasteiger charge is -2.19. The fourth-order valence-electron chi connectivity index (χ4n) is 4.01. The molecule has 1 saturated heterocycles. The molecule has 2 amide bonds. The van der Waals surface area contributed by atoms with Crippen molar-refractivity contribution in [2.45, 2.75) is 50.6 Å². The second kappa shape index (κ2) is 9.52. The number of nitrogens with one attached hydrogen (secondary N) is 2. The SMILES string of the molecule is CN1C[C@@H](NC(=O)c2cccc(C#N)c2)C[C@H]1C(=O)NCCC1=CCCCC1. The topological polar surface area (TPSA) is 85.2 Å². The number of likely N-dealkylation sites (N-methyl/N-ethyl adjacent to an activating group) is 1. The lowest BCUT2D eigenvalue weighted by atomic mass is 9.97. The molecule has 28 heavy (non-hydrogen) atoms. The van der Waals surface area contributed by atoms with Gasteiger partial charge in [0, 0.05) is 24.7 Å². The first-order valence-electron chi connectivity index (χ1n) is 10.0. The Morgan fingerprint density at radius 3 is 2.93 bits per heavy atom. The summed E-state index contributed by atoms with van der Waals surface area (Å²) in [5, 5.41) is 15.0. The minimum atomic E-state index is -0.226. The van der Waals surface area contributed by atoms with Crippen LogP contribution >= 0.6 is 0 Å². The molecular weight excluding hydrogens is 352 g/mol. The Hall–Kier alpha value is -2.65. The zero-order valence-corrected chi connectivity index (χ0v) is 16.4. The van der Waals surface area contributed by atoms with Crippen LogP contribution in [0.1, 0.15) is 54.4 Å². The molecule has 148 valence electrons. The molecule has 2 N–H and O–H groups in total. The molecule has 1 aromatic carbocycles. The van der Waals surface area contributed by atoms with E-state index in [9.17, 15) is 9.59 Å². The van der Waals surface area contributed by atoms with Crippen LogP contribution < -0.4 is 10.6 Å². The van der Waals surface area contributed by atoms with E-state index in [4.69, 9.17) is 5.26 Å². The average molecular weight is 380 g/mol. The maximum Gasteiger partial charge on any atom is 0.251 e. The van der Waals surface area contributed by atoms with Crippen LogP contribution in [0, 0.1) is 11.3 Å². The zero-order chi connectivity index (χ0) is 19.9. The van der Waals surface area contributed by atoms with Crippen molar-refractivity contribution < 1.29 is 9.59 Å². The summed E-state index contributed by atoms with van der Waals surface area (Å²) in [5.74, 6) is -0.178. The zero-order valence-electron chi connectivity index (χ0n) is 16.4. The number of nitriles is 1. The third kappa shape index (κ3) is 5.20. The van der Waals surface area contributed by atoms with Crippen molar-refractivity contribution in [3.63, 3.8) is 0 Å². The number of likely N-dealkylation sites (tertiary alicyclic amines) is 1. The average Bonchev–Trinajstić information content (AvgIpc) is 3.08. The van der Waals surface area contributed by atoms with E-state index >= 15 is 0 Å². The lowest BCUT2D eigenvalue weighted by molar-refractivity contribution is -0.125. The number of hydrogen-bond acceptors (Lipinski definition) is 4. The molecule has 6 nitrogen and oxygen atoms in total. The molecule has 6 heteroatoms. The van der Waals surface area contributed by atoms with E-state index in [1.165, 1.54) is 18.4 Å². The van der Waals surface area contributed by atoms with Gasteiger partial charge in [0.2, 0.25) is 5.91 Å². The van der Waals surface area contributed by atoms with E-state index in [0.717, 1.165) is 19.3 Å². The molecule has 0 radical (unpaired) electrons. The molecule has 1 heterocycles. The van der Waals surface area contributed by atoms with Gasteiger partial charge in [-0.1, -0.05) is 17.7 Å². The summed E-state index contributed by atoms with van der Waals surface area (Å²) >= 11 is 0. The number of carbonyl (C=O) groups excluding carboxylic acids is 2. The molecule has 0 spiro atoms. The lowest BCUT2D eigenvalue weighted by Crippen LogP contribution is -2.41. The van der Waals surface area contributed by atoms with Crippen molar-refractivity contribution in [2.75, 3.05) is 20.1 Å². The number of allylic oxidation sites excluding steroid dienone is 1. The predicted molar refractivity (Wildman–Crippen MR) is 108 cm³/mol. The van der Waals surface area contributed by atoms with E-state index in [1.807, 2.05) is 18.0 Å². The highest BCUT2D eigenvalue weighted by Gasteiger charge is 2.35. The Bertz CT molecular complexity index is 796. The van der Waals surface area contributed by atoms with E-state index in [-0.39, 0.29) is 23.9 Å². The van der Waals surface area contributed by atoms with Crippen molar-refractivity contribution in [1.82, 2.24) is 15.5 Å². The van der Waals surface area contributed by atoms with Crippen LogP contribution in [0.2, 0.25) is 0 Å². The van der Waals surface area contributed by atoms with Gasteiger partial charge in [-0.15, -0.1) is 0 Å². The molecule has 1 fully saturated rings. The first-order chi connectivity index (χ1) is 13.6. The van der Waals surface area contributed by atoms with Crippen LogP contribution in [0.3, 0.4) is 0 Å². The van der Waals surface area contributed by atoms with Crippen LogP contribution in [0.4, 0.5) is 0 Å². The van der Waals surface area contributed by atoms with Crippen molar-refractivity contribution in [1.29, 1.82) is 5.26 Å². The molecule has 0 bridgehead atoms. The summed E-state index contributed by atoms with van der Waals surface area (Å²) in [5.41, 5.74) is 2.38. The van der Waals surface area contributed by atoms with Crippen molar-refractivity contribution >= 4 is 11.8 Å². The van der Waals surface area contributed by atoms with Crippen LogP contribution in [0.5, 0.6) is 0 Å². The Labute approximate surface area is 166 Å². The molecule has 1 aliphatic carbocycles. The van der Waals surface area contributed by atoms with Gasteiger partial charge in [0.25, 0.3) is 5.91 Å². The molecule has 1 aliphatic heterocycles. The van der Waals surface area contributed by atoms with Crippen LogP contribution in [-0.4, -0.2) is 48.9 Å². The molecule has 0 aromatic heterocycles. The first-order valence-corrected chi connectivity index (χ1v) is 10.0. The second-order valence-electron chi connectivity index (χ2n) is 7.70. The van der Waals surface area contributed by atoms with Gasteiger partial charge in [0.1, 0.15) is 0 Å². The number of rotatable bonds is 6. The number of amides is 2. The fourth-order valence-corrected chi connectivity index (χ4v) is 4.01. The highest BCUT2D eigenvalue weighted by Crippen LogP contribution is 2.20. The molecule has 1 aromatic rings. The quantitative estimate of drug-likeness (QED) is 0.742. The molecule has 0 unspecified atom stereocenters. The van der Waals surface area contributed by atoms with Gasteiger partial charge >= 0.3 is 0 Å². The Kier molecular flexibility index (Phi) is 6.83. The van der Waals surface area contributed by atoms with Gasteiger partial charge in [-0.25, -0.2) is 0 Å². The van der Waals surface area contributed by atoms with Crippen molar-refractivity contribution in [3.8, 4) is 6.07 Å². The summed E-state index contributed by atoms with van der Waals surface area (Å²) in [4.78, 5) is 27.0. The molecule has 2 atom stereocenters. The van der Waals surface area contributed by atoms with Gasteiger partial charge in [-0.05, 0) is 63.8 Å². The largest absolute Gasteiger partial charge is 0.354 e. The fraction of sp³-hybridized carbons (Fsp3) is 0.500. The Balaban J connectivity index is 1.47. The second-order valence-corrected chi connectivity index (χ2v) is 7.70. The normalized spacial score (nSPS) is 22.2. The number of nitrogens with zero attached hydrogens (tertiary/aromatic N) is 2. The first kappa shape index (κ1) is 20.1. The molecule has 3 rings (SSSR count). The maximum atomic E-state index is 12.6. The number of benzene rings is 1. The number of carbonyl (C=O) groups is 2.